The van der Waals surface area contributed by atoms with E-state index in [-0.39, 0.29) is 18.9 Å². The number of likely N-dealkylation sites (N-methyl/N-ethyl adjacent to an activating group) is 1. The first-order valence-electron chi connectivity index (χ1n) is 4.83. The first kappa shape index (κ1) is 12.2. The molecule has 1 N–H and O–H groups in total. The van der Waals surface area contributed by atoms with Crippen molar-refractivity contribution in [3.8, 4) is 0 Å². The van der Waals surface area contributed by atoms with E-state index >= 15 is 0 Å². The Kier molecular flexibility index (Phi) is 3.98. The van der Waals surface area contributed by atoms with Gasteiger partial charge < -0.3 is 10.0 Å². The van der Waals surface area contributed by atoms with Crippen LogP contribution in [0.25, 0.3) is 0 Å². The van der Waals surface area contributed by atoms with Crippen LogP contribution in [0.3, 0.4) is 0 Å². The minimum absolute atomic E-state index is 0.0632. The second-order valence-electron chi connectivity index (χ2n) is 3.45. The van der Waals surface area contributed by atoms with Crippen LogP contribution < -0.4 is 0 Å². The maximum absolute atomic E-state index is 11.8. The molecule has 1 aromatic rings. The smallest absolute Gasteiger partial charge is 0.305 e. The van der Waals surface area contributed by atoms with Gasteiger partial charge in [-0.25, -0.2) is 9.67 Å². The van der Waals surface area contributed by atoms with E-state index in [0.29, 0.717) is 0 Å². The minimum atomic E-state index is -0.923. The number of carbonyl (C=O) groups excluding carboxylic acids is 1. The second kappa shape index (κ2) is 5.24. The van der Waals surface area contributed by atoms with Gasteiger partial charge in [0.1, 0.15) is 18.7 Å². The highest BCUT2D eigenvalue weighted by Crippen LogP contribution is 2.06. The fraction of sp³-hybridized carbons (Fsp3) is 0.556. The maximum atomic E-state index is 11.8. The molecular weight excluding hydrogens is 212 g/mol. The Bertz CT molecular complexity index is 363. The third kappa shape index (κ3) is 3.04. The first-order valence-corrected chi connectivity index (χ1v) is 4.83. The van der Waals surface area contributed by atoms with Crippen LogP contribution in [0.4, 0.5) is 0 Å². The van der Waals surface area contributed by atoms with E-state index in [1.165, 1.54) is 22.2 Å². The van der Waals surface area contributed by atoms with Crippen molar-refractivity contribution in [1.82, 2.24) is 19.7 Å². The standard InChI is InChI=1S/C9H14N4O3/c1-7(13-6-10-5-11-13)9(16)12(2)4-3-8(14)15/h5-7H,3-4H2,1-2H3,(H,14,15). The van der Waals surface area contributed by atoms with Crippen LogP contribution in [0, 0.1) is 0 Å². The van der Waals surface area contributed by atoms with Crippen LogP contribution in [0.2, 0.25) is 0 Å². The van der Waals surface area contributed by atoms with Crippen LogP contribution in [-0.2, 0) is 9.59 Å². The first-order chi connectivity index (χ1) is 7.52. The van der Waals surface area contributed by atoms with Gasteiger partial charge in [0.25, 0.3) is 0 Å². The van der Waals surface area contributed by atoms with E-state index in [2.05, 4.69) is 10.1 Å². The summed E-state index contributed by atoms with van der Waals surface area (Å²) in [6, 6.07) is -0.471. The predicted molar refractivity (Wildman–Crippen MR) is 54.6 cm³/mol. The molecule has 1 unspecified atom stereocenters. The van der Waals surface area contributed by atoms with Crippen LogP contribution >= 0.6 is 0 Å². The van der Waals surface area contributed by atoms with E-state index in [1.807, 2.05) is 0 Å². The van der Waals surface area contributed by atoms with Gasteiger partial charge in [0.2, 0.25) is 5.91 Å². The highest BCUT2D eigenvalue weighted by molar-refractivity contribution is 5.80. The number of aliphatic carboxylic acids is 1. The average molecular weight is 226 g/mol. The number of aromatic nitrogens is 3. The quantitative estimate of drug-likeness (QED) is 0.749. The molecule has 0 saturated carbocycles. The molecule has 88 valence electrons. The molecule has 1 amide bonds. The van der Waals surface area contributed by atoms with Crippen molar-refractivity contribution >= 4 is 11.9 Å². The molecule has 1 atom stereocenters. The molecule has 16 heavy (non-hydrogen) atoms. The molecule has 0 saturated heterocycles. The summed E-state index contributed by atoms with van der Waals surface area (Å²) < 4.78 is 1.43. The second-order valence-corrected chi connectivity index (χ2v) is 3.45. The lowest BCUT2D eigenvalue weighted by atomic mass is 10.3. The fourth-order valence-electron chi connectivity index (χ4n) is 1.22. The Morgan fingerprint density at radius 3 is 2.75 bits per heavy atom. The minimum Gasteiger partial charge on any atom is -0.481 e. The Morgan fingerprint density at radius 2 is 2.25 bits per heavy atom. The topological polar surface area (TPSA) is 88.3 Å². The lowest BCUT2D eigenvalue weighted by Gasteiger charge is -2.20. The molecule has 0 bridgehead atoms. The summed E-state index contributed by atoms with van der Waals surface area (Å²) in [5, 5.41) is 12.4. The van der Waals surface area contributed by atoms with Crippen LogP contribution in [0.1, 0.15) is 19.4 Å². The van der Waals surface area contributed by atoms with Gasteiger partial charge in [-0.15, -0.1) is 0 Å². The zero-order chi connectivity index (χ0) is 12.1. The molecule has 0 aliphatic heterocycles. The van der Waals surface area contributed by atoms with Gasteiger partial charge in [-0.2, -0.15) is 5.10 Å². The fourth-order valence-corrected chi connectivity index (χ4v) is 1.22. The number of nitrogens with zero attached hydrogens (tertiary/aromatic N) is 4. The molecule has 1 aromatic heterocycles. The van der Waals surface area contributed by atoms with Gasteiger partial charge >= 0.3 is 5.97 Å². The lowest BCUT2D eigenvalue weighted by Crippen LogP contribution is -2.34. The van der Waals surface area contributed by atoms with E-state index in [1.54, 1.807) is 14.0 Å². The Labute approximate surface area is 92.7 Å². The van der Waals surface area contributed by atoms with E-state index in [0.717, 1.165) is 0 Å². The number of rotatable bonds is 5. The van der Waals surface area contributed by atoms with E-state index in [9.17, 15) is 9.59 Å². The summed E-state index contributed by atoms with van der Waals surface area (Å²) in [5.74, 6) is -1.11. The molecule has 0 aromatic carbocycles. The van der Waals surface area contributed by atoms with Gasteiger partial charge in [-0.3, -0.25) is 9.59 Å². The molecule has 0 aliphatic rings. The maximum Gasteiger partial charge on any atom is 0.305 e. The largest absolute Gasteiger partial charge is 0.481 e. The third-order valence-electron chi connectivity index (χ3n) is 2.23. The van der Waals surface area contributed by atoms with E-state index < -0.39 is 12.0 Å². The van der Waals surface area contributed by atoms with Crippen LogP contribution in [0.15, 0.2) is 12.7 Å². The molecule has 7 nitrogen and oxygen atoms in total. The number of amides is 1. The lowest BCUT2D eigenvalue weighted by molar-refractivity contribution is -0.138. The molecule has 0 fully saturated rings. The van der Waals surface area contributed by atoms with Gasteiger partial charge in [0.05, 0.1) is 6.42 Å². The molecule has 0 spiro atoms. The van der Waals surface area contributed by atoms with Crippen molar-refractivity contribution in [1.29, 1.82) is 0 Å². The Hall–Kier alpha value is -1.92. The average Bonchev–Trinajstić information content (AvgIpc) is 2.77. The zero-order valence-corrected chi connectivity index (χ0v) is 9.20. The summed E-state index contributed by atoms with van der Waals surface area (Å²) in [7, 11) is 1.57. The molecule has 7 heteroatoms. The van der Waals surface area contributed by atoms with Gasteiger partial charge in [-0.05, 0) is 6.92 Å². The highest BCUT2D eigenvalue weighted by atomic mass is 16.4. The molecular formula is C9H14N4O3. The van der Waals surface area contributed by atoms with Gasteiger partial charge in [0, 0.05) is 13.6 Å². The molecule has 1 heterocycles. The summed E-state index contributed by atoms with van der Waals surface area (Å²) in [5.41, 5.74) is 0. The molecule has 1 rings (SSSR count). The zero-order valence-electron chi connectivity index (χ0n) is 9.20. The van der Waals surface area contributed by atoms with Gasteiger partial charge in [0.15, 0.2) is 0 Å². The van der Waals surface area contributed by atoms with Crippen molar-refractivity contribution in [3.63, 3.8) is 0 Å². The molecule has 0 radical (unpaired) electrons. The highest BCUT2D eigenvalue weighted by Gasteiger charge is 2.19. The van der Waals surface area contributed by atoms with Crippen molar-refractivity contribution < 1.29 is 14.7 Å². The number of hydrogen-bond donors (Lipinski definition) is 1. The number of carbonyl (C=O) groups is 2. The summed E-state index contributed by atoms with van der Waals surface area (Å²) in [6.07, 6.45) is 2.74. The summed E-state index contributed by atoms with van der Waals surface area (Å²) in [6.45, 7) is 1.88. The number of carboxylic acids is 1. The Balaban J connectivity index is 2.53. The summed E-state index contributed by atoms with van der Waals surface area (Å²) in [4.78, 5) is 27.3. The van der Waals surface area contributed by atoms with Crippen LogP contribution in [0.5, 0.6) is 0 Å². The summed E-state index contributed by atoms with van der Waals surface area (Å²) >= 11 is 0. The van der Waals surface area contributed by atoms with Crippen LogP contribution in [-0.4, -0.2) is 50.2 Å². The van der Waals surface area contributed by atoms with E-state index in [4.69, 9.17) is 5.11 Å². The molecule has 0 aliphatic carbocycles. The predicted octanol–water partition coefficient (Wildman–Crippen LogP) is -0.228. The van der Waals surface area contributed by atoms with Crippen molar-refractivity contribution in [2.75, 3.05) is 13.6 Å². The third-order valence-corrected chi connectivity index (χ3v) is 2.23. The Morgan fingerprint density at radius 1 is 1.56 bits per heavy atom. The van der Waals surface area contributed by atoms with Gasteiger partial charge in [-0.1, -0.05) is 0 Å². The number of hydrogen-bond acceptors (Lipinski definition) is 4. The van der Waals surface area contributed by atoms with Crippen molar-refractivity contribution in [2.45, 2.75) is 19.4 Å². The monoisotopic (exact) mass is 226 g/mol. The van der Waals surface area contributed by atoms with Crippen molar-refractivity contribution in [2.24, 2.45) is 0 Å². The number of carboxylic acid groups (broad SMARTS) is 1. The SMILES string of the molecule is CC(C(=O)N(C)CCC(=O)O)n1cncn1. The van der Waals surface area contributed by atoms with Crippen molar-refractivity contribution in [3.05, 3.63) is 12.7 Å². The normalized spacial score (nSPS) is 12.1.